The fourth-order valence-corrected chi connectivity index (χ4v) is 4.05. The summed E-state index contributed by atoms with van der Waals surface area (Å²) in [5.41, 5.74) is 6.34. The molecule has 1 fully saturated rings. The normalized spacial score (nSPS) is 20.6. The Morgan fingerprint density at radius 3 is 2.86 bits per heavy atom. The highest BCUT2D eigenvalue weighted by Crippen LogP contribution is 2.23. The fraction of sp³-hybridized carbons (Fsp3) is 0.643. The zero-order valence-corrected chi connectivity index (χ0v) is 13.3. The summed E-state index contributed by atoms with van der Waals surface area (Å²) in [5, 5.41) is 3.17. The van der Waals surface area contributed by atoms with Crippen molar-refractivity contribution in [1.29, 1.82) is 0 Å². The zero-order valence-electron chi connectivity index (χ0n) is 12.5. The average Bonchev–Trinajstić information content (AvgIpc) is 2.76. The summed E-state index contributed by atoms with van der Waals surface area (Å²) < 4.78 is 28.4. The first kappa shape index (κ1) is 15.9. The van der Waals surface area contributed by atoms with Gasteiger partial charge in [0.15, 0.2) is 9.84 Å². The molecule has 6 nitrogen and oxygen atoms in total. The van der Waals surface area contributed by atoms with Gasteiger partial charge in [0.05, 0.1) is 23.8 Å². The van der Waals surface area contributed by atoms with Crippen LogP contribution in [0.15, 0.2) is 12.1 Å². The molecule has 2 heterocycles. The number of ether oxygens (including phenoxy) is 1. The van der Waals surface area contributed by atoms with Crippen LogP contribution in [0.5, 0.6) is 5.88 Å². The largest absolute Gasteiger partial charge is 0.476 e. The van der Waals surface area contributed by atoms with Crippen LogP contribution >= 0.6 is 0 Å². The molecule has 3 N–H and O–H groups in total. The lowest BCUT2D eigenvalue weighted by molar-refractivity contribution is 0.263. The van der Waals surface area contributed by atoms with E-state index in [1.807, 2.05) is 0 Å². The predicted molar refractivity (Wildman–Crippen MR) is 84.2 cm³/mol. The first-order valence-corrected chi connectivity index (χ1v) is 9.01. The smallest absolute Gasteiger partial charge is 0.239 e. The maximum Gasteiger partial charge on any atom is 0.239 e. The van der Waals surface area contributed by atoms with Gasteiger partial charge in [-0.1, -0.05) is 13.8 Å². The molecule has 118 valence electrons. The van der Waals surface area contributed by atoms with Gasteiger partial charge in [0.25, 0.3) is 0 Å². The highest BCUT2D eigenvalue weighted by molar-refractivity contribution is 7.91. The van der Waals surface area contributed by atoms with Crippen molar-refractivity contribution in [3.8, 4) is 5.88 Å². The third kappa shape index (κ3) is 4.77. The number of pyridine rings is 1. The number of hydrogen-bond acceptors (Lipinski definition) is 6. The van der Waals surface area contributed by atoms with Crippen molar-refractivity contribution in [2.24, 2.45) is 11.8 Å². The van der Waals surface area contributed by atoms with Gasteiger partial charge < -0.3 is 15.8 Å². The molecule has 1 unspecified atom stereocenters. The van der Waals surface area contributed by atoms with Gasteiger partial charge in [-0.25, -0.2) is 8.42 Å². The molecule has 1 aliphatic heterocycles. The van der Waals surface area contributed by atoms with Crippen LogP contribution in [0.4, 0.5) is 11.5 Å². The van der Waals surface area contributed by atoms with E-state index in [2.05, 4.69) is 24.1 Å². The van der Waals surface area contributed by atoms with E-state index in [1.165, 1.54) is 0 Å². The summed E-state index contributed by atoms with van der Waals surface area (Å²) >= 11 is 0. The van der Waals surface area contributed by atoms with Crippen molar-refractivity contribution < 1.29 is 13.2 Å². The molecule has 0 saturated carbocycles. The summed E-state index contributed by atoms with van der Waals surface area (Å²) in [4.78, 5) is 4.33. The second kappa shape index (κ2) is 6.51. The van der Waals surface area contributed by atoms with Gasteiger partial charge >= 0.3 is 0 Å². The van der Waals surface area contributed by atoms with Gasteiger partial charge in [0.1, 0.15) is 5.82 Å². The Labute approximate surface area is 126 Å². The number of aromatic nitrogens is 1. The van der Waals surface area contributed by atoms with Crippen LogP contribution in [-0.2, 0) is 9.84 Å². The van der Waals surface area contributed by atoms with Gasteiger partial charge in [-0.2, -0.15) is 4.98 Å². The Bertz CT molecular complexity index is 587. The summed E-state index contributed by atoms with van der Waals surface area (Å²) in [6.45, 7) is 5.26. The van der Waals surface area contributed by atoms with Crippen molar-refractivity contribution in [2.45, 2.75) is 20.3 Å². The van der Waals surface area contributed by atoms with Crippen molar-refractivity contribution in [3.63, 3.8) is 0 Å². The molecule has 1 aromatic heterocycles. The van der Waals surface area contributed by atoms with Gasteiger partial charge in [0.2, 0.25) is 5.88 Å². The van der Waals surface area contributed by atoms with Gasteiger partial charge in [-0.15, -0.1) is 0 Å². The summed E-state index contributed by atoms with van der Waals surface area (Å²) in [6.07, 6.45) is 0.709. The quantitative estimate of drug-likeness (QED) is 0.827. The summed E-state index contributed by atoms with van der Waals surface area (Å²) in [5.74, 6) is 2.17. The van der Waals surface area contributed by atoms with Gasteiger partial charge in [0, 0.05) is 6.54 Å². The van der Waals surface area contributed by atoms with Crippen LogP contribution < -0.4 is 15.8 Å². The van der Waals surface area contributed by atoms with Crippen LogP contribution in [0, 0.1) is 11.8 Å². The highest BCUT2D eigenvalue weighted by Gasteiger charge is 2.27. The minimum Gasteiger partial charge on any atom is -0.476 e. The Morgan fingerprint density at radius 1 is 1.48 bits per heavy atom. The topological polar surface area (TPSA) is 94.3 Å². The Hall–Kier alpha value is -1.50. The molecule has 21 heavy (non-hydrogen) atoms. The monoisotopic (exact) mass is 313 g/mol. The van der Waals surface area contributed by atoms with E-state index >= 15 is 0 Å². The number of nitrogen functional groups attached to an aromatic ring is 1. The molecule has 1 aliphatic rings. The molecule has 0 bridgehead atoms. The minimum absolute atomic E-state index is 0.148. The standard InChI is InChI=1S/C14H23N3O3S/c1-10(2)8-20-14-12(15)3-4-13(17-14)16-7-11-5-6-21(18,19)9-11/h3-4,10-11H,5-9,15H2,1-2H3,(H,16,17). The maximum absolute atomic E-state index is 11.4. The van der Waals surface area contributed by atoms with Gasteiger partial charge in [-0.3, -0.25) is 0 Å². The second-order valence-corrected chi connectivity index (χ2v) is 8.17. The van der Waals surface area contributed by atoms with Crippen LogP contribution in [0.1, 0.15) is 20.3 Å². The summed E-state index contributed by atoms with van der Waals surface area (Å²) in [7, 11) is -2.84. The van der Waals surface area contributed by atoms with E-state index in [0.29, 0.717) is 42.9 Å². The molecule has 1 atom stereocenters. The van der Waals surface area contributed by atoms with Crippen molar-refractivity contribution in [1.82, 2.24) is 4.98 Å². The lowest BCUT2D eigenvalue weighted by Gasteiger charge is -2.13. The zero-order chi connectivity index (χ0) is 15.5. The maximum atomic E-state index is 11.4. The number of nitrogens with one attached hydrogen (secondary N) is 1. The predicted octanol–water partition coefficient (Wildman–Crippen LogP) is 1.55. The molecular formula is C14H23N3O3S. The van der Waals surface area contributed by atoms with Gasteiger partial charge in [-0.05, 0) is 30.4 Å². The molecule has 1 saturated heterocycles. The molecule has 1 aromatic rings. The minimum atomic E-state index is -2.84. The fourth-order valence-electron chi connectivity index (χ4n) is 2.19. The van der Waals surface area contributed by atoms with Crippen molar-refractivity contribution >= 4 is 21.3 Å². The number of hydrogen-bond donors (Lipinski definition) is 2. The average molecular weight is 313 g/mol. The Morgan fingerprint density at radius 2 is 2.24 bits per heavy atom. The number of nitrogens with two attached hydrogens (primary N) is 1. The van der Waals surface area contributed by atoms with E-state index < -0.39 is 9.84 Å². The lowest BCUT2D eigenvalue weighted by Crippen LogP contribution is -2.16. The molecule has 0 aliphatic carbocycles. The Balaban J connectivity index is 1.93. The van der Waals surface area contributed by atoms with E-state index in [-0.39, 0.29) is 17.4 Å². The lowest BCUT2D eigenvalue weighted by atomic mass is 10.1. The molecule has 0 amide bonds. The van der Waals surface area contributed by atoms with E-state index in [9.17, 15) is 8.42 Å². The Kier molecular flexibility index (Phi) is 4.92. The SMILES string of the molecule is CC(C)COc1nc(NCC2CCS(=O)(=O)C2)ccc1N. The second-order valence-electron chi connectivity index (χ2n) is 5.95. The molecule has 0 radical (unpaired) electrons. The van der Waals surface area contributed by atoms with Crippen LogP contribution in [0.2, 0.25) is 0 Å². The summed E-state index contributed by atoms with van der Waals surface area (Å²) in [6, 6.07) is 3.53. The molecular weight excluding hydrogens is 290 g/mol. The van der Waals surface area contributed by atoms with Crippen LogP contribution in [0.3, 0.4) is 0 Å². The molecule has 2 rings (SSSR count). The number of anilines is 2. The first-order valence-electron chi connectivity index (χ1n) is 7.19. The molecule has 0 aromatic carbocycles. The van der Waals surface area contributed by atoms with E-state index in [4.69, 9.17) is 10.5 Å². The third-order valence-corrected chi connectivity index (χ3v) is 5.18. The van der Waals surface area contributed by atoms with Crippen molar-refractivity contribution in [3.05, 3.63) is 12.1 Å². The number of sulfone groups is 1. The number of nitrogens with zero attached hydrogens (tertiary/aromatic N) is 1. The third-order valence-electron chi connectivity index (χ3n) is 3.34. The van der Waals surface area contributed by atoms with Crippen LogP contribution in [-0.4, -0.2) is 38.1 Å². The highest BCUT2D eigenvalue weighted by atomic mass is 32.2. The first-order chi connectivity index (χ1) is 9.85. The van der Waals surface area contributed by atoms with E-state index in [1.54, 1.807) is 12.1 Å². The molecule has 0 spiro atoms. The number of rotatable bonds is 6. The molecule has 7 heteroatoms. The van der Waals surface area contributed by atoms with E-state index in [0.717, 1.165) is 0 Å². The van der Waals surface area contributed by atoms with Crippen molar-refractivity contribution in [2.75, 3.05) is 35.7 Å². The van der Waals surface area contributed by atoms with Crippen LogP contribution in [0.25, 0.3) is 0 Å².